The van der Waals surface area contributed by atoms with Crippen LogP contribution in [0.2, 0.25) is 0 Å². The van der Waals surface area contributed by atoms with E-state index < -0.39 is 0 Å². The van der Waals surface area contributed by atoms with E-state index in [4.69, 9.17) is 4.74 Å². The molecule has 2 rings (SSSR count). The first-order chi connectivity index (χ1) is 11.8. The van der Waals surface area contributed by atoms with Gasteiger partial charge in [-0.2, -0.15) is 0 Å². The molecule has 2 saturated heterocycles. The van der Waals surface area contributed by atoms with E-state index in [0.717, 1.165) is 58.3 Å². The number of carbonyl (C=O) groups is 2. The van der Waals surface area contributed by atoms with Crippen molar-refractivity contribution in [1.29, 1.82) is 0 Å². The standard InChI is InChI=1S/C19H35N3O3/c1-5-25-18(24)22-11-6-7-16(10-14-22)21-12-8-15(9-13-21)17(23)20-19(2,3)4/h15-16H,5-14H2,1-4H3,(H,20,23). The van der Waals surface area contributed by atoms with Crippen molar-refractivity contribution in [2.45, 2.75) is 71.4 Å². The van der Waals surface area contributed by atoms with Crippen LogP contribution in [0.25, 0.3) is 0 Å². The van der Waals surface area contributed by atoms with Crippen LogP contribution in [0.3, 0.4) is 0 Å². The highest BCUT2D eigenvalue weighted by atomic mass is 16.6. The number of hydrogen-bond donors (Lipinski definition) is 1. The van der Waals surface area contributed by atoms with Gasteiger partial charge in [0, 0.05) is 30.6 Å². The third-order valence-corrected chi connectivity index (χ3v) is 5.14. The lowest BCUT2D eigenvalue weighted by atomic mass is 9.92. The van der Waals surface area contributed by atoms with E-state index in [1.54, 1.807) is 0 Å². The van der Waals surface area contributed by atoms with Crippen LogP contribution in [0.1, 0.15) is 59.8 Å². The van der Waals surface area contributed by atoms with Gasteiger partial charge in [-0.1, -0.05) is 0 Å². The van der Waals surface area contributed by atoms with E-state index >= 15 is 0 Å². The Morgan fingerprint density at radius 1 is 1.04 bits per heavy atom. The highest BCUT2D eigenvalue weighted by Gasteiger charge is 2.31. The number of ether oxygens (including phenoxy) is 1. The SMILES string of the molecule is CCOC(=O)N1CCCC(N2CCC(C(=O)NC(C)(C)C)CC2)CC1. The van der Waals surface area contributed by atoms with Crippen molar-refractivity contribution < 1.29 is 14.3 Å². The van der Waals surface area contributed by atoms with Crippen LogP contribution in [0.15, 0.2) is 0 Å². The van der Waals surface area contributed by atoms with E-state index in [-0.39, 0.29) is 23.5 Å². The molecule has 6 heteroatoms. The van der Waals surface area contributed by atoms with Crippen LogP contribution >= 0.6 is 0 Å². The minimum Gasteiger partial charge on any atom is -0.450 e. The van der Waals surface area contributed by atoms with Crippen molar-refractivity contribution in [3.63, 3.8) is 0 Å². The molecule has 25 heavy (non-hydrogen) atoms. The summed E-state index contributed by atoms with van der Waals surface area (Å²) in [5, 5.41) is 3.11. The highest BCUT2D eigenvalue weighted by molar-refractivity contribution is 5.79. The minimum absolute atomic E-state index is 0.136. The number of hydrogen-bond acceptors (Lipinski definition) is 4. The monoisotopic (exact) mass is 353 g/mol. The first-order valence-electron chi connectivity index (χ1n) is 9.78. The number of nitrogens with one attached hydrogen (secondary N) is 1. The van der Waals surface area contributed by atoms with Crippen LogP contribution in [-0.2, 0) is 9.53 Å². The Morgan fingerprint density at radius 2 is 1.72 bits per heavy atom. The second-order valence-electron chi connectivity index (χ2n) is 8.32. The van der Waals surface area contributed by atoms with Gasteiger partial charge in [-0.25, -0.2) is 4.79 Å². The summed E-state index contributed by atoms with van der Waals surface area (Å²) in [4.78, 5) is 28.6. The summed E-state index contributed by atoms with van der Waals surface area (Å²) in [5.41, 5.74) is -0.161. The van der Waals surface area contributed by atoms with Gasteiger partial charge in [-0.05, 0) is 72.9 Å². The fourth-order valence-corrected chi connectivity index (χ4v) is 3.84. The van der Waals surface area contributed by atoms with E-state index in [0.29, 0.717) is 12.6 Å². The molecule has 2 heterocycles. The van der Waals surface area contributed by atoms with E-state index in [9.17, 15) is 9.59 Å². The molecule has 6 nitrogen and oxygen atoms in total. The summed E-state index contributed by atoms with van der Waals surface area (Å²) in [5.74, 6) is 0.332. The molecule has 2 fully saturated rings. The lowest BCUT2D eigenvalue weighted by molar-refractivity contribution is -0.128. The van der Waals surface area contributed by atoms with Crippen molar-refractivity contribution in [2.75, 3.05) is 32.8 Å². The number of carbonyl (C=O) groups excluding carboxylic acids is 2. The van der Waals surface area contributed by atoms with Crippen molar-refractivity contribution >= 4 is 12.0 Å². The van der Waals surface area contributed by atoms with Gasteiger partial charge in [-0.15, -0.1) is 0 Å². The normalized spacial score (nSPS) is 23.8. The molecule has 0 aromatic heterocycles. The van der Waals surface area contributed by atoms with Gasteiger partial charge in [0.05, 0.1) is 6.61 Å². The van der Waals surface area contributed by atoms with Crippen molar-refractivity contribution in [1.82, 2.24) is 15.1 Å². The Balaban J connectivity index is 1.79. The topological polar surface area (TPSA) is 61.9 Å². The van der Waals surface area contributed by atoms with Gasteiger partial charge in [0.25, 0.3) is 0 Å². The summed E-state index contributed by atoms with van der Waals surface area (Å²) >= 11 is 0. The van der Waals surface area contributed by atoms with Crippen molar-refractivity contribution in [3.8, 4) is 0 Å². The predicted molar refractivity (Wildman–Crippen MR) is 98.4 cm³/mol. The maximum absolute atomic E-state index is 12.3. The van der Waals surface area contributed by atoms with Gasteiger partial charge in [0.2, 0.25) is 5.91 Å². The molecule has 1 unspecified atom stereocenters. The Labute approximate surface area is 152 Å². The zero-order valence-corrected chi connectivity index (χ0v) is 16.3. The summed E-state index contributed by atoms with van der Waals surface area (Å²) < 4.78 is 5.13. The number of likely N-dealkylation sites (tertiary alicyclic amines) is 2. The van der Waals surface area contributed by atoms with Gasteiger partial charge in [0.1, 0.15) is 0 Å². The van der Waals surface area contributed by atoms with E-state index in [2.05, 4.69) is 10.2 Å². The van der Waals surface area contributed by atoms with Crippen LogP contribution < -0.4 is 5.32 Å². The first kappa shape index (κ1) is 20.0. The number of piperidine rings is 1. The molecule has 1 N–H and O–H groups in total. The maximum Gasteiger partial charge on any atom is 0.409 e. The van der Waals surface area contributed by atoms with Crippen LogP contribution in [-0.4, -0.2) is 66.2 Å². The third-order valence-electron chi connectivity index (χ3n) is 5.14. The lowest BCUT2D eigenvalue weighted by Gasteiger charge is -2.37. The fraction of sp³-hybridized carbons (Fsp3) is 0.895. The van der Waals surface area contributed by atoms with Crippen molar-refractivity contribution in [3.05, 3.63) is 0 Å². The number of amides is 2. The zero-order chi connectivity index (χ0) is 18.4. The van der Waals surface area contributed by atoms with E-state index in [1.807, 2.05) is 32.6 Å². The molecule has 0 radical (unpaired) electrons. The Morgan fingerprint density at radius 3 is 2.32 bits per heavy atom. The Hall–Kier alpha value is -1.30. The largest absolute Gasteiger partial charge is 0.450 e. The molecule has 0 aliphatic carbocycles. The Kier molecular flexibility index (Phi) is 7.11. The van der Waals surface area contributed by atoms with Gasteiger partial charge >= 0.3 is 6.09 Å². The summed E-state index contributed by atoms with van der Waals surface area (Å²) in [6.07, 6.45) is 4.82. The smallest absolute Gasteiger partial charge is 0.409 e. The molecular weight excluding hydrogens is 318 g/mol. The van der Waals surface area contributed by atoms with Gasteiger partial charge in [-0.3, -0.25) is 4.79 Å². The van der Waals surface area contributed by atoms with Gasteiger partial charge in [0.15, 0.2) is 0 Å². The average molecular weight is 354 g/mol. The van der Waals surface area contributed by atoms with Crippen molar-refractivity contribution in [2.24, 2.45) is 5.92 Å². The molecule has 0 aromatic rings. The molecule has 0 bridgehead atoms. The fourth-order valence-electron chi connectivity index (χ4n) is 3.84. The summed E-state index contributed by atoms with van der Waals surface area (Å²) in [7, 11) is 0. The quantitative estimate of drug-likeness (QED) is 0.847. The molecule has 2 aliphatic rings. The van der Waals surface area contributed by atoms with Gasteiger partial charge < -0.3 is 19.9 Å². The Bertz CT molecular complexity index is 453. The van der Waals surface area contributed by atoms with E-state index in [1.165, 1.54) is 0 Å². The summed E-state index contributed by atoms with van der Waals surface area (Å²) in [6, 6.07) is 0.519. The zero-order valence-electron chi connectivity index (χ0n) is 16.3. The molecule has 2 aliphatic heterocycles. The second-order valence-corrected chi connectivity index (χ2v) is 8.32. The molecule has 0 spiro atoms. The average Bonchev–Trinajstić information content (AvgIpc) is 2.80. The molecule has 2 amide bonds. The molecule has 0 aromatic carbocycles. The van der Waals surface area contributed by atoms with Crippen LogP contribution in [0.5, 0.6) is 0 Å². The first-order valence-corrected chi connectivity index (χ1v) is 9.78. The lowest BCUT2D eigenvalue weighted by Crippen LogP contribution is -2.48. The predicted octanol–water partition coefficient (Wildman–Crippen LogP) is 2.62. The van der Waals surface area contributed by atoms with Crippen LogP contribution in [0, 0.1) is 5.92 Å². The maximum atomic E-state index is 12.3. The minimum atomic E-state index is -0.180. The number of nitrogens with zero attached hydrogens (tertiary/aromatic N) is 2. The number of rotatable bonds is 3. The molecule has 1 atom stereocenters. The summed E-state index contributed by atoms with van der Waals surface area (Å²) in [6.45, 7) is 11.9. The highest BCUT2D eigenvalue weighted by Crippen LogP contribution is 2.25. The molecule has 144 valence electrons. The second kappa shape index (κ2) is 8.88. The third kappa shape index (κ3) is 6.17. The molecule has 0 saturated carbocycles. The van der Waals surface area contributed by atoms with Crippen LogP contribution in [0.4, 0.5) is 4.79 Å². The molecular formula is C19H35N3O3.